The molecule has 2 unspecified atom stereocenters. The van der Waals surface area contributed by atoms with Crippen molar-refractivity contribution in [2.45, 2.75) is 173 Å². The highest BCUT2D eigenvalue weighted by Crippen LogP contribution is 2.37. The zero-order chi connectivity index (χ0) is 47.3. The van der Waals surface area contributed by atoms with E-state index in [0.717, 1.165) is 12.0 Å². The normalized spacial score (nSPS) is 38.1. The van der Waals surface area contributed by atoms with E-state index in [4.69, 9.17) is 23.7 Å². The smallest absolute Gasteiger partial charge is 0.329 e. The third-order valence-electron chi connectivity index (χ3n) is 14.1. The second-order valence-corrected chi connectivity index (χ2v) is 19.2. The van der Waals surface area contributed by atoms with E-state index < -0.39 is 83.9 Å². The molecule has 2 saturated heterocycles. The Kier molecular flexibility index (Phi) is 20.8. The van der Waals surface area contributed by atoms with Gasteiger partial charge in [-0.25, -0.2) is 4.79 Å². The van der Waals surface area contributed by atoms with Gasteiger partial charge in [-0.05, 0) is 101 Å². The number of aliphatic hydroxyl groups excluding tert-OH is 2. The molecule has 2 bridgehead atoms. The second kappa shape index (κ2) is 25.0. The molecule has 14 heteroatoms. The number of rotatable bonds is 6. The predicted octanol–water partition coefficient (Wildman–Crippen LogP) is 5.79. The van der Waals surface area contributed by atoms with Crippen LogP contribution in [0, 0.1) is 35.5 Å². The molecule has 4 aliphatic rings. The van der Waals surface area contributed by atoms with E-state index in [1.165, 1.54) is 24.2 Å². The van der Waals surface area contributed by atoms with Crippen LogP contribution < -0.4 is 0 Å². The summed E-state index contributed by atoms with van der Waals surface area (Å²) >= 11 is 0. The number of hydrogen-bond acceptors (Lipinski definition) is 13. The maximum Gasteiger partial charge on any atom is 0.329 e. The van der Waals surface area contributed by atoms with Crippen molar-refractivity contribution in [1.82, 2.24) is 4.90 Å². The van der Waals surface area contributed by atoms with Crippen LogP contribution in [0.4, 0.5) is 0 Å². The third kappa shape index (κ3) is 14.1. The van der Waals surface area contributed by atoms with Crippen LogP contribution in [0.5, 0.6) is 0 Å². The molecule has 0 aromatic heterocycles. The van der Waals surface area contributed by atoms with Crippen molar-refractivity contribution in [3.63, 3.8) is 0 Å². The lowest BCUT2D eigenvalue weighted by Crippen LogP contribution is -2.61. The molecular formula is C50H77NO13. The van der Waals surface area contributed by atoms with Gasteiger partial charge in [0.05, 0.1) is 30.5 Å². The molecule has 1 aliphatic carbocycles. The average Bonchev–Trinajstić information content (AvgIpc) is 3.27. The molecule has 3 N–H and O–H groups in total. The van der Waals surface area contributed by atoms with Crippen molar-refractivity contribution >= 4 is 29.2 Å². The Hall–Kier alpha value is -3.37. The zero-order valence-corrected chi connectivity index (χ0v) is 39.7. The monoisotopic (exact) mass is 900 g/mol. The maximum absolute atomic E-state index is 14.3. The number of esters is 1. The Balaban J connectivity index is 1.68. The minimum Gasteiger partial charge on any atom is -0.460 e. The number of hydrogen-bond donors (Lipinski definition) is 3. The number of methoxy groups -OCH3 is 3. The van der Waals surface area contributed by atoms with Gasteiger partial charge in [0.2, 0.25) is 5.79 Å². The Morgan fingerprint density at radius 2 is 1.59 bits per heavy atom. The zero-order valence-electron chi connectivity index (χ0n) is 39.7. The summed E-state index contributed by atoms with van der Waals surface area (Å²) in [6.07, 6.45) is 12.5. The number of nitrogens with zero attached hydrogens (tertiary/aromatic N) is 1. The van der Waals surface area contributed by atoms with Crippen LogP contribution in [-0.4, -0.2) is 132 Å². The van der Waals surface area contributed by atoms with E-state index in [2.05, 4.69) is 0 Å². The Morgan fingerprint density at radius 1 is 0.859 bits per heavy atom. The molecule has 360 valence electrons. The number of ketones is 3. The Morgan fingerprint density at radius 3 is 2.28 bits per heavy atom. The van der Waals surface area contributed by atoms with Crippen LogP contribution in [0.25, 0.3) is 0 Å². The molecule has 4 rings (SSSR count). The van der Waals surface area contributed by atoms with Gasteiger partial charge in [-0.3, -0.25) is 19.2 Å². The molecule has 15 atom stereocenters. The molecular weight excluding hydrogens is 823 g/mol. The van der Waals surface area contributed by atoms with Gasteiger partial charge in [0, 0.05) is 58.5 Å². The van der Waals surface area contributed by atoms with E-state index in [9.17, 15) is 39.3 Å². The number of Topliss-reactive ketones (excluding diaryl/α,β-unsaturated/α-hetero) is 2. The van der Waals surface area contributed by atoms with Crippen LogP contribution in [0.3, 0.4) is 0 Å². The molecule has 3 aliphatic heterocycles. The topological polar surface area (TPSA) is 195 Å². The van der Waals surface area contributed by atoms with Crippen LogP contribution in [0.15, 0.2) is 48.1 Å². The lowest BCUT2D eigenvalue weighted by Gasteiger charge is -2.42. The highest BCUT2D eigenvalue weighted by atomic mass is 16.6. The maximum atomic E-state index is 14.3. The molecule has 0 radical (unpaired) electrons. The number of carbonyl (C=O) groups excluding carboxylic acids is 5. The summed E-state index contributed by atoms with van der Waals surface area (Å²) in [6, 6.07) is -1.14. The summed E-state index contributed by atoms with van der Waals surface area (Å²) in [5.41, 5.74) is 0.880. The molecule has 0 spiro atoms. The van der Waals surface area contributed by atoms with Gasteiger partial charge < -0.3 is 43.9 Å². The fourth-order valence-electron chi connectivity index (χ4n) is 9.85. The number of amides is 1. The summed E-state index contributed by atoms with van der Waals surface area (Å²) in [5.74, 6) is -7.96. The lowest BCUT2D eigenvalue weighted by atomic mass is 9.78. The summed E-state index contributed by atoms with van der Waals surface area (Å²) < 4.78 is 29.2. The van der Waals surface area contributed by atoms with E-state index in [-0.39, 0.29) is 54.8 Å². The first-order valence-corrected chi connectivity index (χ1v) is 23.5. The summed E-state index contributed by atoms with van der Waals surface area (Å²) in [5, 5.41) is 33.7. The van der Waals surface area contributed by atoms with Gasteiger partial charge in [-0.2, -0.15) is 0 Å². The molecule has 0 aromatic rings. The molecule has 14 nitrogen and oxygen atoms in total. The van der Waals surface area contributed by atoms with Crippen molar-refractivity contribution in [2.24, 2.45) is 35.5 Å². The van der Waals surface area contributed by atoms with Gasteiger partial charge in [0.25, 0.3) is 11.7 Å². The largest absolute Gasteiger partial charge is 0.460 e. The van der Waals surface area contributed by atoms with Gasteiger partial charge in [0.15, 0.2) is 11.6 Å². The highest BCUT2D eigenvalue weighted by molar-refractivity contribution is 6.39. The molecule has 3 heterocycles. The van der Waals surface area contributed by atoms with Crippen molar-refractivity contribution in [3.8, 4) is 0 Å². The number of carbonyl (C=O) groups is 5. The number of allylic oxidation sites excluding steroid dienone is 6. The highest BCUT2D eigenvalue weighted by Gasteiger charge is 2.53. The van der Waals surface area contributed by atoms with Gasteiger partial charge in [0.1, 0.15) is 18.2 Å². The van der Waals surface area contributed by atoms with Gasteiger partial charge in [-0.15, -0.1) is 0 Å². The number of aliphatic hydroxyl groups is 3. The van der Waals surface area contributed by atoms with Crippen molar-refractivity contribution < 1.29 is 63.0 Å². The first kappa shape index (κ1) is 53.2. The molecule has 1 amide bonds. The quantitative estimate of drug-likeness (QED) is 0.214. The minimum absolute atomic E-state index is 0.0245. The van der Waals surface area contributed by atoms with Crippen molar-refractivity contribution in [2.75, 3.05) is 27.9 Å². The molecule has 0 aromatic carbocycles. The fourth-order valence-corrected chi connectivity index (χ4v) is 9.85. The van der Waals surface area contributed by atoms with Gasteiger partial charge >= 0.3 is 5.97 Å². The minimum atomic E-state index is -2.43. The van der Waals surface area contributed by atoms with Crippen LogP contribution >= 0.6 is 0 Å². The second-order valence-electron chi connectivity index (χ2n) is 19.2. The Labute approximate surface area is 380 Å². The summed E-state index contributed by atoms with van der Waals surface area (Å²) in [6.45, 7) is 11.1. The summed E-state index contributed by atoms with van der Waals surface area (Å²) in [4.78, 5) is 71.1. The molecule has 3 fully saturated rings. The molecule has 1 saturated carbocycles. The SMILES string of the molecule is CO[C@H]1CC2CC[C@@H](C)[C@@](O)(O2)C(=O)C(=O)N2CCCC[C@H]2C(=O)O[C@H]([C@H](C)C[C@@H]2CC[C@@H](O)[C@H](OC)C2)CC(=O)C=CC(C)[C@@H](O)[C@@H](OC)C(=O)[C@H](C)C[C@H](C)C=CC=CC=C1C. The van der Waals surface area contributed by atoms with Gasteiger partial charge in [-0.1, -0.05) is 71.1 Å². The third-order valence-corrected chi connectivity index (χ3v) is 14.1. The number of cyclic esters (lactones) is 1. The average molecular weight is 900 g/mol. The Bertz CT molecular complexity index is 1710. The lowest BCUT2D eigenvalue weighted by molar-refractivity contribution is -0.265. The van der Waals surface area contributed by atoms with Crippen LogP contribution in [-0.2, 0) is 47.7 Å². The van der Waals surface area contributed by atoms with Crippen LogP contribution in [0.1, 0.15) is 119 Å². The first-order chi connectivity index (χ1) is 30.3. The van der Waals surface area contributed by atoms with E-state index in [1.54, 1.807) is 28.1 Å². The van der Waals surface area contributed by atoms with Crippen molar-refractivity contribution in [3.05, 3.63) is 48.1 Å². The standard InChI is InChI=1S/C50H77NO13/c1-30-15-11-10-12-16-31(2)41(60-7)29-38-22-19-35(6)50(59,64-38)47(56)48(57)51-24-14-13-17-39(51)49(58)63-42(33(4)26-36-20-23-40(53)43(27-36)61-8)28-37(52)21-18-32(3)44(54)46(62-9)45(55)34(5)25-30/h10-12,15-16,18,21,30,32-36,38-44,46,53-54,59H,13-14,17,19-20,22-29H2,1-9H3/t30-,32?,33-,34-,35-,36+,38?,39+,40-,41+,42+,43-,44-,46-,50-/m1/s1. The fraction of sp³-hybridized carbons (Fsp3) is 0.740. The number of piperidine rings is 1. The van der Waals surface area contributed by atoms with Crippen LogP contribution in [0.2, 0.25) is 0 Å². The predicted molar refractivity (Wildman–Crippen MR) is 241 cm³/mol. The summed E-state index contributed by atoms with van der Waals surface area (Å²) in [7, 11) is 4.52. The first-order valence-electron chi connectivity index (χ1n) is 23.5. The van der Waals surface area contributed by atoms with E-state index in [0.29, 0.717) is 57.8 Å². The number of fused-ring (bicyclic) bond motifs is 3. The number of ether oxygens (including phenoxy) is 5. The molecule has 64 heavy (non-hydrogen) atoms. The van der Waals surface area contributed by atoms with Crippen molar-refractivity contribution in [1.29, 1.82) is 0 Å². The van der Waals surface area contributed by atoms with E-state index >= 15 is 0 Å². The van der Waals surface area contributed by atoms with E-state index in [1.807, 2.05) is 58.1 Å².